The van der Waals surface area contributed by atoms with Gasteiger partial charge in [0, 0.05) is 30.6 Å². The third-order valence-electron chi connectivity index (χ3n) is 3.77. The Bertz CT molecular complexity index is 449. The fraction of sp³-hybridized carbons (Fsp3) is 0.692. The molecule has 1 saturated heterocycles. The van der Waals surface area contributed by atoms with Crippen LogP contribution in [0.1, 0.15) is 31.4 Å². The number of carbonyl (C=O) groups excluding carboxylic acids is 1. The highest BCUT2D eigenvalue weighted by molar-refractivity contribution is 7.13. The Morgan fingerprint density at radius 3 is 2.68 bits per heavy atom. The Morgan fingerprint density at radius 1 is 1.37 bits per heavy atom. The maximum Gasteiger partial charge on any atom is 0.321 e. The fourth-order valence-electron chi connectivity index (χ4n) is 2.58. The number of nitrogens with zero attached hydrogens (tertiary/aromatic N) is 2. The standard InChI is InChI=1S/C13H20N4OS/c1-9-8-19-13(14-9)16-12(18)15-10-4-6-17(7-5-10)11-2-3-11/h8,10-11H,2-7H2,1H3,(H2,14,15,16,18). The van der Waals surface area contributed by atoms with Gasteiger partial charge in [-0.25, -0.2) is 9.78 Å². The van der Waals surface area contributed by atoms with Crippen molar-refractivity contribution < 1.29 is 4.79 Å². The van der Waals surface area contributed by atoms with E-state index in [0.717, 1.165) is 37.7 Å². The molecule has 1 aromatic heterocycles. The second-order valence-electron chi connectivity index (χ2n) is 5.43. The molecule has 104 valence electrons. The Hall–Kier alpha value is -1.14. The normalized spacial score (nSPS) is 21.3. The number of thiazole rings is 1. The first-order valence-corrected chi connectivity index (χ1v) is 7.82. The maximum atomic E-state index is 11.8. The van der Waals surface area contributed by atoms with Crippen LogP contribution in [0.2, 0.25) is 0 Å². The zero-order valence-electron chi connectivity index (χ0n) is 11.2. The summed E-state index contributed by atoms with van der Waals surface area (Å²) in [5.41, 5.74) is 0.943. The number of carbonyl (C=O) groups is 1. The molecule has 2 heterocycles. The molecule has 0 atom stereocenters. The lowest BCUT2D eigenvalue weighted by Crippen LogP contribution is -2.46. The number of aromatic nitrogens is 1. The van der Waals surface area contributed by atoms with Gasteiger partial charge >= 0.3 is 6.03 Å². The molecule has 1 aliphatic carbocycles. The van der Waals surface area contributed by atoms with Gasteiger partial charge in [0.2, 0.25) is 0 Å². The molecule has 0 radical (unpaired) electrons. The molecule has 0 bridgehead atoms. The van der Waals surface area contributed by atoms with Crippen molar-refractivity contribution in [2.45, 2.75) is 44.7 Å². The molecule has 3 rings (SSSR count). The van der Waals surface area contributed by atoms with E-state index in [1.54, 1.807) is 0 Å². The van der Waals surface area contributed by atoms with E-state index in [9.17, 15) is 4.79 Å². The lowest BCUT2D eigenvalue weighted by molar-refractivity contribution is 0.189. The minimum atomic E-state index is -0.126. The van der Waals surface area contributed by atoms with Crippen molar-refractivity contribution in [3.05, 3.63) is 11.1 Å². The molecule has 2 aliphatic rings. The molecule has 1 aromatic rings. The third kappa shape index (κ3) is 3.45. The first kappa shape index (κ1) is 12.9. The number of piperidine rings is 1. The van der Waals surface area contributed by atoms with Crippen molar-refractivity contribution >= 4 is 22.5 Å². The largest absolute Gasteiger partial charge is 0.335 e. The van der Waals surface area contributed by atoms with Gasteiger partial charge in [-0.1, -0.05) is 0 Å². The van der Waals surface area contributed by atoms with E-state index >= 15 is 0 Å². The molecule has 2 N–H and O–H groups in total. The van der Waals surface area contributed by atoms with Gasteiger partial charge in [0.1, 0.15) is 0 Å². The van der Waals surface area contributed by atoms with E-state index in [0.29, 0.717) is 11.2 Å². The summed E-state index contributed by atoms with van der Waals surface area (Å²) in [6, 6.07) is 1.02. The number of hydrogen-bond acceptors (Lipinski definition) is 4. The van der Waals surface area contributed by atoms with Gasteiger partial charge in [-0.15, -0.1) is 11.3 Å². The third-order valence-corrected chi connectivity index (χ3v) is 4.64. The number of amides is 2. The highest BCUT2D eigenvalue weighted by Gasteiger charge is 2.32. The molecule has 5 nitrogen and oxygen atoms in total. The monoisotopic (exact) mass is 280 g/mol. The Balaban J connectivity index is 1.42. The van der Waals surface area contributed by atoms with Gasteiger partial charge in [0.05, 0.1) is 5.69 Å². The second-order valence-corrected chi connectivity index (χ2v) is 6.29. The van der Waals surface area contributed by atoms with Crippen molar-refractivity contribution in [3.63, 3.8) is 0 Å². The number of anilines is 1. The molecule has 0 unspecified atom stereocenters. The van der Waals surface area contributed by atoms with Crippen LogP contribution >= 0.6 is 11.3 Å². The average molecular weight is 280 g/mol. The summed E-state index contributed by atoms with van der Waals surface area (Å²) in [6.45, 7) is 4.16. The predicted octanol–water partition coefficient (Wildman–Crippen LogP) is 2.20. The smallest absolute Gasteiger partial charge is 0.321 e. The van der Waals surface area contributed by atoms with E-state index in [-0.39, 0.29) is 6.03 Å². The Kier molecular flexibility index (Phi) is 3.70. The first-order chi connectivity index (χ1) is 9.20. The summed E-state index contributed by atoms with van der Waals surface area (Å²) >= 11 is 1.46. The zero-order chi connectivity index (χ0) is 13.2. The van der Waals surface area contributed by atoms with E-state index in [4.69, 9.17) is 0 Å². The van der Waals surface area contributed by atoms with Crippen LogP contribution < -0.4 is 10.6 Å². The van der Waals surface area contributed by atoms with Crippen molar-refractivity contribution in [1.82, 2.24) is 15.2 Å². The van der Waals surface area contributed by atoms with Crippen molar-refractivity contribution in [3.8, 4) is 0 Å². The van der Waals surface area contributed by atoms with Crippen LogP contribution in [0.15, 0.2) is 5.38 Å². The van der Waals surface area contributed by atoms with Gasteiger partial charge < -0.3 is 10.2 Å². The molecule has 0 spiro atoms. The van der Waals surface area contributed by atoms with Crippen LogP contribution in [-0.4, -0.2) is 41.1 Å². The molecule has 19 heavy (non-hydrogen) atoms. The predicted molar refractivity (Wildman–Crippen MR) is 76.6 cm³/mol. The molecule has 1 saturated carbocycles. The SMILES string of the molecule is Cc1csc(NC(=O)NC2CCN(C3CC3)CC2)n1. The highest BCUT2D eigenvalue weighted by Crippen LogP contribution is 2.29. The number of aryl methyl sites for hydroxylation is 1. The van der Waals surface area contributed by atoms with Crippen molar-refractivity contribution in [2.75, 3.05) is 18.4 Å². The van der Waals surface area contributed by atoms with Gasteiger partial charge in [-0.3, -0.25) is 5.32 Å². The van der Waals surface area contributed by atoms with E-state index in [1.807, 2.05) is 12.3 Å². The molecule has 2 amide bonds. The minimum Gasteiger partial charge on any atom is -0.335 e. The summed E-state index contributed by atoms with van der Waals surface area (Å²) in [6.07, 6.45) is 4.84. The zero-order valence-corrected chi connectivity index (χ0v) is 12.0. The van der Waals surface area contributed by atoms with Gasteiger partial charge in [0.15, 0.2) is 5.13 Å². The molecule has 6 heteroatoms. The lowest BCUT2D eigenvalue weighted by Gasteiger charge is -2.32. The van der Waals surface area contributed by atoms with Crippen molar-refractivity contribution in [1.29, 1.82) is 0 Å². The highest BCUT2D eigenvalue weighted by atomic mass is 32.1. The summed E-state index contributed by atoms with van der Waals surface area (Å²) in [7, 11) is 0. The minimum absolute atomic E-state index is 0.126. The van der Waals surface area contributed by atoms with E-state index < -0.39 is 0 Å². The fourth-order valence-corrected chi connectivity index (χ4v) is 3.26. The number of nitrogens with one attached hydrogen (secondary N) is 2. The van der Waals surface area contributed by atoms with Crippen LogP contribution in [0, 0.1) is 6.92 Å². The summed E-state index contributed by atoms with van der Waals surface area (Å²) in [4.78, 5) is 18.6. The second kappa shape index (κ2) is 5.46. The van der Waals surface area contributed by atoms with Crippen LogP contribution in [0.5, 0.6) is 0 Å². The van der Waals surface area contributed by atoms with Gasteiger partial charge in [-0.2, -0.15) is 0 Å². The summed E-state index contributed by atoms with van der Waals surface area (Å²) < 4.78 is 0. The first-order valence-electron chi connectivity index (χ1n) is 6.94. The Morgan fingerprint density at radius 2 is 2.11 bits per heavy atom. The molecule has 0 aromatic carbocycles. The quantitative estimate of drug-likeness (QED) is 0.892. The van der Waals surface area contributed by atoms with Gasteiger partial charge in [0.25, 0.3) is 0 Å². The van der Waals surface area contributed by atoms with Crippen LogP contribution in [0.4, 0.5) is 9.93 Å². The number of likely N-dealkylation sites (tertiary alicyclic amines) is 1. The van der Waals surface area contributed by atoms with Crippen LogP contribution in [0.25, 0.3) is 0 Å². The van der Waals surface area contributed by atoms with E-state index in [1.165, 1.54) is 24.2 Å². The topological polar surface area (TPSA) is 57.3 Å². The number of rotatable bonds is 3. The summed E-state index contributed by atoms with van der Waals surface area (Å²) in [5.74, 6) is 0. The Labute approximate surface area is 117 Å². The van der Waals surface area contributed by atoms with Crippen LogP contribution in [-0.2, 0) is 0 Å². The van der Waals surface area contributed by atoms with E-state index in [2.05, 4.69) is 20.5 Å². The lowest BCUT2D eigenvalue weighted by atomic mass is 10.1. The van der Waals surface area contributed by atoms with Gasteiger partial charge in [-0.05, 0) is 32.6 Å². The maximum absolute atomic E-state index is 11.8. The molecular weight excluding hydrogens is 260 g/mol. The molecule has 1 aliphatic heterocycles. The molecular formula is C13H20N4OS. The summed E-state index contributed by atoms with van der Waals surface area (Å²) in [5, 5.41) is 8.45. The average Bonchev–Trinajstić information content (AvgIpc) is 3.15. The molecule has 2 fully saturated rings. The number of hydrogen-bond donors (Lipinski definition) is 2. The van der Waals surface area contributed by atoms with Crippen molar-refractivity contribution in [2.24, 2.45) is 0 Å². The number of urea groups is 1. The van der Waals surface area contributed by atoms with Crippen LogP contribution in [0.3, 0.4) is 0 Å².